The smallest absolute Gasteiger partial charge is 0.412 e. The Kier molecular flexibility index (Phi) is 9.95. The number of aromatic hydroxyl groups is 1. The van der Waals surface area contributed by atoms with Crippen molar-refractivity contribution in [3.8, 4) is 5.75 Å². The van der Waals surface area contributed by atoms with Crippen LogP contribution in [-0.4, -0.2) is 17.1 Å². The number of unbranched alkanes of at least 4 members (excludes halogenated alkanes) is 1. The maximum absolute atomic E-state index is 12.6. The second kappa shape index (κ2) is 13.1. The molecule has 0 unspecified atom stereocenters. The molecule has 2 amide bonds. The zero-order valence-corrected chi connectivity index (χ0v) is 22.8. The molecule has 1 atom stereocenters. The number of nitrogen functional groups attached to an aromatic ring is 1. The van der Waals surface area contributed by atoms with Crippen LogP contribution in [0, 0.1) is 6.92 Å². The molecule has 3 aromatic carbocycles. The van der Waals surface area contributed by atoms with E-state index in [1.807, 2.05) is 19.1 Å². The molecule has 3 rings (SSSR count). The van der Waals surface area contributed by atoms with Crippen LogP contribution < -0.4 is 16.4 Å². The number of benzene rings is 3. The van der Waals surface area contributed by atoms with E-state index in [-0.39, 0.29) is 11.7 Å². The lowest BCUT2D eigenvalue weighted by molar-refractivity contribution is -0.111. The van der Waals surface area contributed by atoms with Crippen LogP contribution in [0.5, 0.6) is 5.75 Å². The molecule has 0 spiro atoms. The van der Waals surface area contributed by atoms with E-state index in [0.717, 1.165) is 10.0 Å². The highest BCUT2D eigenvalue weighted by molar-refractivity contribution is 9.11. The Labute approximate surface area is 227 Å². The molecule has 0 bridgehead atoms. The summed E-state index contributed by atoms with van der Waals surface area (Å²) in [7, 11) is 0. The molecule has 0 aromatic heterocycles. The van der Waals surface area contributed by atoms with Gasteiger partial charge in [-0.1, -0.05) is 51.8 Å². The van der Waals surface area contributed by atoms with Crippen LogP contribution in [0.2, 0.25) is 0 Å². The molecule has 0 aliphatic rings. The minimum Gasteiger partial charge on any atom is -0.506 e. The van der Waals surface area contributed by atoms with Crippen molar-refractivity contribution in [2.24, 2.45) is 0 Å². The van der Waals surface area contributed by atoms with Crippen LogP contribution in [-0.2, 0) is 9.53 Å². The van der Waals surface area contributed by atoms with Crippen LogP contribution >= 0.6 is 31.9 Å². The Morgan fingerprint density at radius 2 is 1.81 bits per heavy atom. The second-order valence-electron chi connectivity index (χ2n) is 8.12. The maximum atomic E-state index is 12.6. The average Bonchev–Trinajstić information content (AvgIpc) is 2.83. The van der Waals surface area contributed by atoms with Crippen molar-refractivity contribution in [3.63, 3.8) is 0 Å². The van der Waals surface area contributed by atoms with Gasteiger partial charge in [-0.25, -0.2) is 4.79 Å². The van der Waals surface area contributed by atoms with E-state index < -0.39 is 12.2 Å². The number of hydrogen-bond acceptors (Lipinski definition) is 5. The van der Waals surface area contributed by atoms with Crippen molar-refractivity contribution in [1.29, 1.82) is 0 Å². The van der Waals surface area contributed by atoms with Crippen LogP contribution in [0.3, 0.4) is 0 Å². The minimum absolute atomic E-state index is 0.00158. The van der Waals surface area contributed by atoms with Crippen LogP contribution in [0.15, 0.2) is 81.8 Å². The highest BCUT2D eigenvalue weighted by Crippen LogP contribution is 2.38. The lowest BCUT2D eigenvalue weighted by Gasteiger charge is -2.20. The number of rotatable bonds is 9. The van der Waals surface area contributed by atoms with Crippen molar-refractivity contribution >= 4 is 60.9 Å². The van der Waals surface area contributed by atoms with Crippen molar-refractivity contribution in [1.82, 2.24) is 0 Å². The standard InChI is InChI=1S/C27H27Br2N3O4/c1-17-11-13-19(14-12-17)31-27(35)36-24(20-15-18(28)16-21(29)26(20)34)9-3-2-4-10-25(33)32-23-8-6-5-7-22(23)30/h4-8,10-16,24,34H,2-3,9,30H2,1H3,(H,31,35)(H,32,33)/b10-4+/t24-/m1/s1. The number of para-hydroxylation sites is 2. The third-order valence-electron chi connectivity index (χ3n) is 5.28. The van der Waals surface area contributed by atoms with Gasteiger partial charge >= 0.3 is 6.09 Å². The van der Waals surface area contributed by atoms with E-state index >= 15 is 0 Å². The van der Waals surface area contributed by atoms with E-state index in [1.54, 1.807) is 54.6 Å². The predicted octanol–water partition coefficient (Wildman–Crippen LogP) is 7.46. The summed E-state index contributed by atoms with van der Waals surface area (Å²) in [5.74, 6) is -0.284. The van der Waals surface area contributed by atoms with Crippen LogP contribution in [0.1, 0.15) is 36.5 Å². The number of nitrogens with one attached hydrogen (secondary N) is 2. The molecule has 188 valence electrons. The number of halogens is 2. The molecule has 9 heteroatoms. The summed E-state index contributed by atoms with van der Waals surface area (Å²) < 4.78 is 6.92. The normalized spacial score (nSPS) is 11.8. The number of nitrogens with two attached hydrogens (primary N) is 1. The fourth-order valence-corrected chi connectivity index (χ4v) is 4.68. The highest BCUT2D eigenvalue weighted by Gasteiger charge is 2.22. The number of carbonyl (C=O) groups is 2. The second-order valence-corrected chi connectivity index (χ2v) is 9.89. The molecule has 0 aliphatic heterocycles. The quantitative estimate of drug-likeness (QED) is 0.113. The Balaban J connectivity index is 1.63. The third-order valence-corrected chi connectivity index (χ3v) is 6.34. The first-order valence-corrected chi connectivity index (χ1v) is 12.9. The minimum atomic E-state index is -0.712. The van der Waals surface area contributed by atoms with Gasteiger partial charge in [0.25, 0.3) is 0 Å². The lowest BCUT2D eigenvalue weighted by Crippen LogP contribution is -2.18. The number of ether oxygens (including phenoxy) is 1. The van der Waals surface area contributed by atoms with Gasteiger partial charge in [0.05, 0.1) is 15.8 Å². The van der Waals surface area contributed by atoms with E-state index in [1.165, 1.54) is 6.08 Å². The molecule has 0 fully saturated rings. The summed E-state index contributed by atoms with van der Waals surface area (Å²) >= 11 is 6.75. The number of phenolic OH excluding ortho intramolecular Hbond substituents is 1. The zero-order valence-electron chi connectivity index (χ0n) is 19.6. The Bertz CT molecular complexity index is 1250. The number of allylic oxidation sites excluding steroid dienone is 1. The fourth-order valence-electron chi connectivity index (χ4n) is 3.42. The van der Waals surface area contributed by atoms with E-state index in [2.05, 4.69) is 42.5 Å². The summed E-state index contributed by atoms with van der Waals surface area (Å²) in [6.07, 6.45) is 3.44. The summed E-state index contributed by atoms with van der Waals surface area (Å²) in [4.78, 5) is 24.8. The van der Waals surface area contributed by atoms with Gasteiger partial charge in [0, 0.05) is 15.7 Å². The van der Waals surface area contributed by atoms with Gasteiger partial charge in [-0.2, -0.15) is 0 Å². The monoisotopic (exact) mass is 615 g/mol. The first kappa shape index (κ1) is 27.3. The molecule has 0 heterocycles. The molecule has 3 aromatic rings. The van der Waals surface area contributed by atoms with Crippen molar-refractivity contribution in [2.45, 2.75) is 32.3 Å². The number of amides is 2. The van der Waals surface area contributed by atoms with Crippen molar-refractivity contribution in [2.75, 3.05) is 16.4 Å². The number of carbonyl (C=O) groups excluding carboxylic acids is 2. The van der Waals surface area contributed by atoms with Gasteiger partial charge < -0.3 is 20.9 Å². The number of anilines is 3. The van der Waals surface area contributed by atoms with Gasteiger partial charge in [-0.15, -0.1) is 0 Å². The Morgan fingerprint density at radius 3 is 2.53 bits per heavy atom. The SMILES string of the molecule is Cc1ccc(NC(=O)O[C@H](CCC/C=C/C(=O)Nc2ccccc2N)c2cc(Br)cc(Br)c2O)cc1. The van der Waals surface area contributed by atoms with Gasteiger partial charge in [0.15, 0.2) is 0 Å². The highest BCUT2D eigenvalue weighted by atomic mass is 79.9. The van der Waals surface area contributed by atoms with E-state index in [0.29, 0.717) is 46.4 Å². The first-order chi connectivity index (χ1) is 17.2. The number of hydrogen-bond donors (Lipinski definition) is 4. The predicted molar refractivity (Wildman–Crippen MR) is 150 cm³/mol. The van der Waals surface area contributed by atoms with Crippen molar-refractivity contribution in [3.05, 3.63) is 92.9 Å². The lowest BCUT2D eigenvalue weighted by atomic mass is 10.0. The third kappa shape index (κ3) is 8.13. The molecule has 0 saturated heterocycles. The number of phenols is 1. The molecule has 0 saturated carbocycles. The molecule has 0 radical (unpaired) electrons. The summed E-state index contributed by atoms with van der Waals surface area (Å²) in [5, 5.41) is 16.1. The van der Waals surface area contributed by atoms with Crippen LogP contribution in [0.25, 0.3) is 0 Å². The first-order valence-electron chi connectivity index (χ1n) is 11.3. The maximum Gasteiger partial charge on any atom is 0.412 e. The van der Waals surface area contributed by atoms with Gasteiger partial charge in [-0.3, -0.25) is 10.1 Å². The van der Waals surface area contributed by atoms with Gasteiger partial charge in [-0.05, 0) is 84.6 Å². The average molecular weight is 617 g/mol. The fraction of sp³-hybridized carbons (Fsp3) is 0.185. The molecule has 7 nitrogen and oxygen atoms in total. The topological polar surface area (TPSA) is 114 Å². The van der Waals surface area contributed by atoms with Gasteiger partial charge in [0.2, 0.25) is 5.91 Å². The molecular formula is C27H27Br2N3O4. The summed E-state index contributed by atoms with van der Waals surface area (Å²) in [6.45, 7) is 1.96. The van der Waals surface area contributed by atoms with E-state index in [9.17, 15) is 14.7 Å². The zero-order chi connectivity index (χ0) is 26.1. The summed E-state index contributed by atoms with van der Waals surface area (Å²) in [5.41, 5.74) is 9.04. The van der Waals surface area contributed by atoms with E-state index in [4.69, 9.17) is 10.5 Å². The Hall–Kier alpha value is -3.30. The molecule has 36 heavy (non-hydrogen) atoms. The Morgan fingerprint density at radius 1 is 1.08 bits per heavy atom. The van der Waals surface area contributed by atoms with Crippen LogP contribution in [0.4, 0.5) is 21.9 Å². The molecular weight excluding hydrogens is 590 g/mol. The largest absolute Gasteiger partial charge is 0.506 e. The summed E-state index contributed by atoms with van der Waals surface area (Å²) in [6, 6.07) is 17.8. The molecule has 0 aliphatic carbocycles. The molecule has 5 N–H and O–H groups in total. The van der Waals surface area contributed by atoms with Gasteiger partial charge in [0.1, 0.15) is 11.9 Å². The number of aryl methyl sites for hydroxylation is 1. The van der Waals surface area contributed by atoms with Crippen molar-refractivity contribution < 1.29 is 19.4 Å².